The monoisotopic (exact) mass is 282 g/mol. The quantitative estimate of drug-likeness (QED) is 0.800. The minimum Gasteiger partial charge on any atom is -0.398 e. The molecule has 4 nitrogen and oxygen atoms in total. The number of nitrogens with two attached hydrogens (primary N) is 1. The van der Waals surface area contributed by atoms with Crippen molar-refractivity contribution < 1.29 is 4.39 Å². The zero-order valence-corrected chi connectivity index (χ0v) is 11.4. The molecule has 2 heterocycles. The van der Waals surface area contributed by atoms with Crippen LogP contribution in [0.25, 0.3) is 11.3 Å². The van der Waals surface area contributed by atoms with Gasteiger partial charge in [-0.1, -0.05) is 12.1 Å². The normalized spacial score (nSPS) is 10.7. The summed E-state index contributed by atoms with van der Waals surface area (Å²) in [6.07, 6.45) is 7.74. The number of imidazole rings is 1. The third-order valence-corrected chi connectivity index (χ3v) is 3.40. The van der Waals surface area contributed by atoms with Gasteiger partial charge in [-0.2, -0.15) is 0 Å². The summed E-state index contributed by atoms with van der Waals surface area (Å²) in [6, 6.07) is 8.31. The minimum absolute atomic E-state index is 0.217. The molecule has 1 aromatic carbocycles. The zero-order chi connectivity index (χ0) is 14.7. The number of benzene rings is 1. The van der Waals surface area contributed by atoms with Crippen LogP contribution >= 0.6 is 0 Å². The Morgan fingerprint density at radius 2 is 1.86 bits per heavy atom. The number of halogens is 1. The molecule has 0 amide bonds. The summed E-state index contributed by atoms with van der Waals surface area (Å²) in [5.74, 6) is -0.217. The summed E-state index contributed by atoms with van der Waals surface area (Å²) in [4.78, 5) is 8.29. The van der Waals surface area contributed by atoms with Crippen LogP contribution in [0.1, 0.15) is 5.56 Å². The molecule has 2 N–H and O–H groups in total. The van der Waals surface area contributed by atoms with Crippen molar-refractivity contribution in [3.63, 3.8) is 0 Å². The first-order valence-electron chi connectivity index (χ1n) is 6.68. The third kappa shape index (κ3) is 2.91. The SMILES string of the molecule is Nc1ccncc1-c1cncn1CCc1ccc(F)cc1. The highest BCUT2D eigenvalue weighted by molar-refractivity contribution is 5.72. The fraction of sp³-hybridized carbons (Fsp3) is 0.125. The summed E-state index contributed by atoms with van der Waals surface area (Å²) < 4.78 is 14.9. The molecule has 0 fully saturated rings. The summed E-state index contributed by atoms with van der Waals surface area (Å²) in [5.41, 5.74) is 9.54. The summed E-state index contributed by atoms with van der Waals surface area (Å²) in [7, 11) is 0. The smallest absolute Gasteiger partial charge is 0.123 e. The van der Waals surface area contributed by atoms with Gasteiger partial charge in [-0.3, -0.25) is 4.98 Å². The van der Waals surface area contributed by atoms with Crippen LogP contribution in [-0.2, 0) is 13.0 Å². The van der Waals surface area contributed by atoms with E-state index >= 15 is 0 Å². The lowest BCUT2D eigenvalue weighted by atomic mass is 10.1. The van der Waals surface area contributed by atoms with E-state index in [1.165, 1.54) is 12.1 Å². The molecule has 106 valence electrons. The molecule has 0 aliphatic heterocycles. The Labute approximate surface area is 122 Å². The van der Waals surface area contributed by atoms with Crippen LogP contribution < -0.4 is 5.73 Å². The average molecular weight is 282 g/mol. The minimum atomic E-state index is -0.217. The highest BCUT2D eigenvalue weighted by Crippen LogP contribution is 2.24. The van der Waals surface area contributed by atoms with Crippen molar-refractivity contribution in [2.45, 2.75) is 13.0 Å². The Bertz CT molecular complexity index is 734. The number of aromatic nitrogens is 3. The van der Waals surface area contributed by atoms with Gasteiger partial charge in [0, 0.05) is 30.2 Å². The van der Waals surface area contributed by atoms with Gasteiger partial charge in [-0.05, 0) is 30.2 Å². The lowest BCUT2D eigenvalue weighted by Crippen LogP contribution is -2.03. The second-order valence-electron chi connectivity index (χ2n) is 4.81. The Morgan fingerprint density at radius 3 is 2.62 bits per heavy atom. The predicted octanol–water partition coefficient (Wildman–Crippen LogP) is 2.91. The zero-order valence-electron chi connectivity index (χ0n) is 11.4. The van der Waals surface area contributed by atoms with Gasteiger partial charge in [-0.25, -0.2) is 9.37 Å². The van der Waals surface area contributed by atoms with Crippen LogP contribution in [0.15, 0.2) is 55.2 Å². The first kappa shape index (κ1) is 13.3. The van der Waals surface area contributed by atoms with Crippen LogP contribution in [0, 0.1) is 5.82 Å². The number of anilines is 1. The number of nitrogens with zero attached hydrogens (tertiary/aromatic N) is 3. The topological polar surface area (TPSA) is 56.7 Å². The van der Waals surface area contributed by atoms with Crippen LogP contribution in [0.4, 0.5) is 10.1 Å². The highest BCUT2D eigenvalue weighted by Gasteiger charge is 2.08. The molecule has 3 aromatic rings. The number of rotatable bonds is 4. The van der Waals surface area contributed by atoms with Gasteiger partial charge in [0.15, 0.2) is 0 Å². The van der Waals surface area contributed by atoms with Crippen molar-refractivity contribution in [1.29, 1.82) is 0 Å². The van der Waals surface area contributed by atoms with Crippen molar-refractivity contribution in [2.24, 2.45) is 0 Å². The average Bonchev–Trinajstić information content (AvgIpc) is 2.95. The molecule has 21 heavy (non-hydrogen) atoms. The van der Waals surface area contributed by atoms with Crippen molar-refractivity contribution >= 4 is 5.69 Å². The number of aryl methyl sites for hydroxylation is 2. The van der Waals surface area contributed by atoms with Gasteiger partial charge in [0.05, 0.1) is 18.2 Å². The second kappa shape index (κ2) is 5.75. The fourth-order valence-electron chi connectivity index (χ4n) is 2.24. The van der Waals surface area contributed by atoms with E-state index in [1.54, 1.807) is 43.1 Å². The van der Waals surface area contributed by atoms with E-state index in [1.807, 2.05) is 4.57 Å². The van der Waals surface area contributed by atoms with Gasteiger partial charge >= 0.3 is 0 Å². The summed E-state index contributed by atoms with van der Waals surface area (Å²) in [6.45, 7) is 0.745. The van der Waals surface area contributed by atoms with E-state index in [4.69, 9.17) is 5.73 Å². The summed E-state index contributed by atoms with van der Waals surface area (Å²) >= 11 is 0. The fourth-order valence-corrected chi connectivity index (χ4v) is 2.24. The first-order chi connectivity index (χ1) is 10.2. The molecular formula is C16H15FN4. The van der Waals surface area contributed by atoms with E-state index < -0.39 is 0 Å². The third-order valence-electron chi connectivity index (χ3n) is 3.40. The number of hydrogen-bond acceptors (Lipinski definition) is 3. The van der Waals surface area contributed by atoms with E-state index in [-0.39, 0.29) is 5.82 Å². The van der Waals surface area contributed by atoms with Crippen LogP contribution in [0.3, 0.4) is 0 Å². The highest BCUT2D eigenvalue weighted by atomic mass is 19.1. The molecule has 0 saturated carbocycles. The van der Waals surface area contributed by atoms with Crippen molar-refractivity contribution in [3.05, 3.63) is 66.6 Å². The largest absolute Gasteiger partial charge is 0.398 e. The van der Waals surface area contributed by atoms with E-state index in [0.717, 1.165) is 29.8 Å². The van der Waals surface area contributed by atoms with Crippen LogP contribution in [0.2, 0.25) is 0 Å². The van der Waals surface area contributed by atoms with Gasteiger partial charge in [0.2, 0.25) is 0 Å². The Morgan fingerprint density at radius 1 is 1.05 bits per heavy atom. The Hall–Kier alpha value is -2.69. The van der Waals surface area contributed by atoms with Gasteiger partial charge in [0.1, 0.15) is 5.82 Å². The molecule has 0 unspecified atom stereocenters. The number of nitrogen functional groups attached to an aromatic ring is 1. The van der Waals surface area contributed by atoms with Crippen LogP contribution in [-0.4, -0.2) is 14.5 Å². The molecule has 3 rings (SSSR count). The molecule has 0 spiro atoms. The van der Waals surface area contributed by atoms with Gasteiger partial charge in [0.25, 0.3) is 0 Å². The maximum absolute atomic E-state index is 12.9. The maximum atomic E-state index is 12.9. The number of hydrogen-bond donors (Lipinski definition) is 1. The van der Waals surface area contributed by atoms with E-state index in [9.17, 15) is 4.39 Å². The van der Waals surface area contributed by atoms with E-state index in [2.05, 4.69) is 9.97 Å². The molecule has 0 bridgehead atoms. The Balaban J connectivity index is 1.80. The van der Waals surface area contributed by atoms with E-state index in [0.29, 0.717) is 5.69 Å². The van der Waals surface area contributed by atoms with Gasteiger partial charge < -0.3 is 10.3 Å². The molecular weight excluding hydrogens is 267 g/mol. The predicted molar refractivity (Wildman–Crippen MR) is 80.0 cm³/mol. The van der Waals surface area contributed by atoms with Crippen molar-refractivity contribution in [2.75, 3.05) is 5.73 Å². The van der Waals surface area contributed by atoms with Crippen molar-refractivity contribution in [1.82, 2.24) is 14.5 Å². The molecule has 2 aromatic heterocycles. The molecule has 0 atom stereocenters. The second-order valence-corrected chi connectivity index (χ2v) is 4.81. The molecule has 0 saturated heterocycles. The van der Waals surface area contributed by atoms with Crippen molar-refractivity contribution in [3.8, 4) is 11.3 Å². The van der Waals surface area contributed by atoms with Gasteiger partial charge in [-0.15, -0.1) is 0 Å². The lowest BCUT2D eigenvalue weighted by molar-refractivity contribution is 0.625. The molecule has 0 aliphatic rings. The standard InChI is InChI=1S/C16H15FN4/c17-13-3-1-12(2-4-13)6-8-21-11-20-10-16(21)14-9-19-7-5-15(14)18/h1-5,7,9-11H,6,8H2,(H2,18,19). The maximum Gasteiger partial charge on any atom is 0.123 e. The first-order valence-corrected chi connectivity index (χ1v) is 6.68. The lowest BCUT2D eigenvalue weighted by Gasteiger charge is -2.09. The van der Waals surface area contributed by atoms with Crippen LogP contribution in [0.5, 0.6) is 0 Å². The molecule has 0 aliphatic carbocycles. The number of pyridine rings is 1. The Kier molecular flexibility index (Phi) is 3.64. The molecule has 0 radical (unpaired) electrons. The summed E-state index contributed by atoms with van der Waals surface area (Å²) in [5, 5.41) is 0. The molecule has 5 heteroatoms.